The zero-order chi connectivity index (χ0) is 13.3. The van der Waals surface area contributed by atoms with Crippen LogP contribution in [0.3, 0.4) is 0 Å². The molecule has 0 saturated carbocycles. The van der Waals surface area contributed by atoms with Crippen LogP contribution >= 0.6 is 0 Å². The summed E-state index contributed by atoms with van der Waals surface area (Å²) in [5, 5.41) is 8.99. The van der Waals surface area contributed by atoms with Crippen molar-refractivity contribution in [3.63, 3.8) is 0 Å². The second-order valence-corrected chi connectivity index (χ2v) is 5.76. The maximum atomic E-state index is 10.9. The molecule has 1 aliphatic heterocycles. The van der Waals surface area contributed by atoms with E-state index in [1.54, 1.807) is 6.20 Å². The number of nitrogens with zero attached hydrogens (tertiary/aromatic N) is 3. The molecule has 1 saturated heterocycles. The van der Waals surface area contributed by atoms with Crippen LogP contribution in [-0.2, 0) is 10.2 Å². The Morgan fingerprint density at radius 3 is 2.78 bits per heavy atom. The fourth-order valence-electron chi connectivity index (χ4n) is 2.06. The molecule has 1 N–H and O–H groups in total. The first kappa shape index (κ1) is 12.8. The molecule has 0 spiro atoms. The molecule has 0 radical (unpaired) electrons. The van der Waals surface area contributed by atoms with Crippen molar-refractivity contribution in [3.05, 3.63) is 18.0 Å². The molecule has 1 fully saturated rings. The van der Waals surface area contributed by atoms with E-state index in [1.165, 1.54) is 0 Å². The van der Waals surface area contributed by atoms with Gasteiger partial charge in [0.25, 0.3) is 0 Å². The van der Waals surface area contributed by atoms with Gasteiger partial charge in [-0.15, -0.1) is 0 Å². The van der Waals surface area contributed by atoms with E-state index >= 15 is 0 Å². The SMILES string of the molecule is CC(C)(C)c1ccnc(N2CCC(C(=O)O)C2)n1. The molecule has 0 aliphatic carbocycles. The number of aromatic nitrogens is 2. The first-order valence-electron chi connectivity index (χ1n) is 6.19. The van der Waals surface area contributed by atoms with Gasteiger partial charge in [-0.2, -0.15) is 0 Å². The summed E-state index contributed by atoms with van der Waals surface area (Å²) >= 11 is 0. The van der Waals surface area contributed by atoms with Gasteiger partial charge in [-0.1, -0.05) is 20.8 Å². The smallest absolute Gasteiger partial charge is 0.308 e. The highest BCUT2D eigenvalue weighted by atomic mass is 16.4. The molecule has 1 atom stereocenters. The van der Waals surface area contributed by atoms with Crippen molar-refractivity contribution in [1.29, 1.82) is 0 Å². The predicted molar refractivity (Wildman–Crippen MR) is 68.7 cm³/mol. The lowest BCUT2D eigenvalue weighted by molar-refractivity contribution is -0.140. The molecule has 1 aromatic rings. The molecule has 1 aliphatic rings. The standard InChI is InChI=1S/C13H19N3O2/c1-13(2,3)10-4-6-14-12(15-10)16-7-5-9(8-16)11(17)18/h4,6,9H,5,7-8H2,1-3H3,(H,17,18). The zero-order valence-corrected chi connectivity index (χ0v) is 11.1. The van der Waals surface area contributed by atoms with Crippen LogP contribution in [0.2, 0.25) is 0 Å². The second kappa shape index (κ2) is 4.55. The molecular weight excluding hydrogens is 230 g/mol. The van der Waals surface area contributed by atoms with E-state index in [9.17, 15) is 4.79 Å². The summed E-state index contributed by atoms with van der Waals surface area (Å²) < 4.78 is 0. The third-order valence-corrected chi connectivity index (χ3v) is 3.23. The van der Waals surface area contributed by atoms with Crippen molar-refractivity contribution in [3.8, 4) is 0 Å². The maximum absolute atomic E-state index is 10.9. The van der Waals surface area contributed by atoms with Gasteiger partial charge in [-0.25, -0.2) is 9.97 Å². The summed E-state index contributed by atoms with van der Waals surface area (Å²) in [5.74, 6) is -0.387. The summed E-state index contributed by atoms with van der Waals surface area (Å²) in [7, 11) is 0. The first-order valence-corrected chi connectivity index (χ1v) is 6.19. The predicted octanol–water partition coefficient (Wildman–Crippen LogP) is 1.69. The molecule has 98 valence electrons. The summed E-state index contributed by atoms with van der Waals surface area (Å²) in [6, 6.07) is 1.91. The first-order chi connectivity index (χ1) is 8.38. The summed E-state index contributed by atoms with van der Waals surface area (Å²) in [6.45, 7) is 7.52. The second-order valence-electron chi connectivity index (χ2n) is 5.76. The van der Waals surface area contributed by atoms with Gasteiger partial charge in [0.1, 0.15) is 0 Å². The van der Waals surface area contributed by atoms with Crippen LogP contribution < -0.4 is 4.90 Å². The Hall–Kier alpha value is -1.65. The van der Waals surface area contributed by atoms with Crippen molar-refractivity contribution in [2.24, 2.45) is 5.92 Å². The minimum atomic E-state index is -0.732. The molecule has 2 rings (SSSR count). The Kier molecular flexibility index (Phi) is 3.24. The fourth-order valence-corrected chi connectivity index (χ4v) is 2.06. The molecular formula is C13H19N3O2. The molecule has 5 nitrogen and oxygen atoms in total. The van der Waals surface area contributed by atoms with Crippen molar-refractivity contribution >= 4 is 11.9 Å². The number of carbonyl (C=O) groups is 1. The van der Waals surface area contributed by atoms with E-state index < -0.39 is 5.97 Å². The van der Waals surface area contributed by atoms with Crippen molar-refractivity contribution in [1.82, 2.24) is 9.97 Å². The Bertz CT molecular complexity index is 454. The van der Waals surface area contributed by atoms with Crippen LogP contribution in [0.5, 0.6) is 0 Å². The van der Waals surface area contributed by atoms with Crippen LogP contribution in [0.25, 0.3) is 0 Å². The number of carboxylic acid groups (broad SMARTS) is 1. The molecule has 2 heterocycles. The van der Waals surface area contributed by atoms with Crippen LogP contribution in [0.15, 0.2) is 12.3 Å². The van der Waals surface area contributed by atoms with Gasteiger partial charge in [0, 0.05) is 24.7 Å². The number of carboxylic acids is 1. The number of rotatable bonds is 2. The summed E-state index contributed by atoms with van der Waals surface area (Å²) in [6.07, 6.45) is 2.41. The molecule has 5 heteroatoms. The average molecular weight is 249 g/mol. The molecule has 0 bridgehead atoms. The van der Waals surface area contributed by atoms with E-state index in [-0.39, 0.29) is 11.3 Å². The lowest BCUT2D eigenvalue weighted by Gasteiger charge is -2.21. The van der Waals surface area contributed by atoms with Crippen molar-refractivity contribution in [2.45, 2.75) is 32.6 Å². The van der Waals surface area contributed by atoms with E-state index in [0.717, 1.165) is 5.69 Å². The number of hydrogen-bond donors (Lipinski definition) is 1. The van der Waals surface area contributed by atoms with Crippen LogP contribution in [-0.4, -0.2) is 34.1 Å². The highest BCUT2D eigenvalue weighted by Crippen LogP contribution is 2.24. The molecule has 18 heavy (non-hydrogen) atoms. The van der Waals surface area contributed by atoms with Gasteiger partial charge in [0.2, 0.25) is 5.95 Å². The molecule has 1 unspecified atom stereocenters. The van der Waals surface area contributed by atoms with E-state index in [4.69, 9.17) is 5.11 Å². The summed E-state index contributed by atoms with van der Waals surface area (Å²) in [5.41, 5.74) is 0.954. The van der Waals surface area contributed by atoms with Crippen LogP contribution in [0.4, 0.5) is 5.95 Å². The van der Waals surface area contributed by atoms with Crippen molar-refractivity contribution < 1.29 is 9.90 Å². The van der Waals surface area contributed by atoms with Gasteiger partial charge >= 0.3 is 5.97 Å². The lowest BCUT2D eigenvalue weighted by Crippen LogP contribution is -2.25. The van der Waals surface area contributed by atoms with E-state index in [0.29, 0.717) is 25.5 Å². The van der Waals surface area contributed by atoms with Gasteiger partial charge in [0.15, 0.2) is 0 Å². The van der Waals surface area contributed by atoms with Crippen LogP contribution in [0, 0.1) is 5.92 Å². The highest BCUT2D eigenvalue weighted by Gasteiger charge is 2.29. The van der Waals surface area contributed by atoms with Gasteiger partial charge in [-0.3, -0.25) is 4.79 Å². The molecule has 0 aromatic carbocycles. The van der Waals surface area contributed by atoms with E-state index in [2.05, 4.69) is 30.7 Å². The zero-order valence-electron chi connectivity index (χ0n) is 11.1. The highest BCUT2D eigenvalue weighted by molar-refractivity contribution is 5.71. The average Bonchev–Trinajstić information content (AvgIpc) is 2.77. The number of hydrogen-bond acceptors (Lipinski definition) is 4. The minimum absolute atomic E-state index is 0.0242. The summed E-state index contributed by atoms with van der Waals surface area (Å²) in [4.78, 5) is 21.7. The van der Waals surface area contributed by atoms with Gasteiger partial charge in [0.05, 0.1) is 11.6 Å². The topological polar surface area (TPSA) is 66.3 Å². The largest absolute Gasteiger partial charge is 0.481 e. The maximum Gasteiger partial charge on any atom is 0.308 e. The monoisotopic (exact) mass is 249 g/mol. The third-order valence-electron chi connectivity index (χ3n) is 3.23. The quantitative estimate of drug-likeness (QED) is 0.864. The number of anilines is 1. The Labute approximate surface area is 107 Å². The molecule has 0 amide bonds. The Balaban J connectivity index is 2.18. The fraction of sp³-hybridized carbons (Fsp3) is 0.615. The van der Waals surface area contributed by atoms with Gasteiger partial charge < -0.3 is 10.0 Å². The molecule has 1 aromatic heterocycles. The minimum Gasteiger partial charge on any atom is -0.481 e. The number of aliphatic carboxylic acids is 1. The van der Waals surface area contributed by atoms with Crippen LogP contribution in [0.1, 0.15) is 32.9 Å². The van der Waals surface area contributed by atoms with Crippen molar-refractivity contribution in [2.75, 3.05) is 18.0 Å². The lowest BCUT2D eigenvalue weighted by atomic mass is 9.92. The Morgan fingerprint density at radius 2 is 2.22 bits per heavy atom. The van der Waals surface area contributed by atoms with E-state index in [1.807, 2.05) is 11.0 Å². The van der Waals surface area contributed by atoms with Gasteiger partial charge in [-0.05, 0) is 12.5 Å². The third kappa shape index (κ3) is 2.60. The Morgan fingerprint density at radius 1 is 1.50 bits per heavy atom. The normalized spacial score (nSPS) is 20.2.